The van der Waals surface area contributed by atoms with Crippen LogP contribution in [0.3, 0.4) is 0 Å². The van der Waals surface area contributed by atoms with Crippen LogP contribution >= 0.6 is 0 Å². The fourth-order valence-corrected chi connectivity index (χ4v) is 1.98. The third kappa shape index (κ3) is 3.17. The number of carboxylic acid groups (broad SMARTS) is 1. The molecule has 1 N–H and O–H groups in total. The Morgan fingerprint density at radius 3 is 2.39 bits per heavy atom. The Morgan fingerprint density at radius 1 is 1.11 bits per heavy atom. The van der Waals surface area contributed by atoms with E-state index in [4.69, 9.17) is 0 Å². The van der Waals surface area contributed by atoms with Gasteiger partial charge in [-0.25, -0.2) is 0 Å². The lowest BCUT2D eigenvalue weighted by molar-refractivity contribution is -0.138. The van der Waals surface area contributed by atoms with Crippen molar-refractivity contribution in [3.8, 4) is 0 Å². The van der Waals surface area contributed by atoms with E-state index in [1.165, 1.54) is 0 Å². The number of hydrogen-bond acceptors (Lipinski definition) is 2. The topological polar surface area (TPSA) is 50.2 Å². The smallest absolute Gasteiger partial charge is 0.310 e. The summed E-state index contributed by atoms with van der Waals surface area (Å²) in [4.78, 5) is 15.2. The number of aryl methyl sites for hydroxylation is 1. The third-order valence-corrected chi connectivity index (χ3v) is 2.97. The van der Waals surface area contributed by atoms with E-state index < -0.39 is 11.9 Å². The van der Waals surface area contributed by atoms with Crippen LogP contribution in [0.4, 0.5) is 0 Å². The number of carboxylic acids is 1. The maximum atomic E-state index is 11.3. The van der Waals surface area contributed by atoms with Gasteiger partial charge in [0, 0.05) is 12.4 Å². The molecule has 0 fully saturated rings. The van der Waals surface area contributed by atoms with Crippen molar-refractivity contribution in [2.45, 2.75) is 18.8 Å². The van der Waals surface area contributed by atoms with Crippen LogP contribution in [0.5, 0.6) is 0 Å². The van der Waals surface area contributed by atoms with Crippen LogP contribution < -0.4 is 0 Å². The van der Waals surface area contributed by atoms with Crippen LogP contribution in [-0.4, -0.2) is 16.1 Å². The molecule has 92 valence electrons. The number of carbonyl (C=O) groups is 1. The summed E-state index contributed by atoms with van der Waals surface area (Å²) in [7, 11) is 0. The first kappa shape index (κ1) is 12.3. The number of pyridine rings is 1. The van der Waals surface area contributed by atoms with Gasteiger partial charge in [0.2, 0.25) is 0 Å². The second-order valence-corrected chi connectivity index (χ2v) is 4.20. The van der Waals surface area contributed by atoms with E-state index in [-0.39, 0.29) is 0 Å². The van der Waals surface area contributed by atoms with Gasteiger partial charge in [-0.15, -0.1) is 0 Å². The fourth-order valence-electron chi connectivity index (χ4n) is 1.98. The highest BCUT2D eigenvalue weighted by Crippen LogP contribution is 2.21. The average molecular weight is 241 g/mol. The second-order valence-electron chi connectivity index (χ2n) is 4.20. The molecule has 1 aromatic heterocycles. The molecule has 1 heterocycles. The molecular weight excluding hydrogens is 226 g/mol. The molecule has 2 aromatic rings. The molecule has 1 atom stereocenters. The molecule has 1 aromatic carbocycles. The van der Waals surface area contributed by atoms with Crippen LogP contribution in [0.15, 0.2) is 54.9 Å². The Hall–Kier alpha value is -2.16. The minimum absolute atomic E-state index is 0.465. The molecule has 3 nitrogen and oxygen atoms in total. The first-order valence-electron chi connectivity index (χ1n) is 5.94. The molecule has 0 aliphatic carbocycles. The van der Waals surface area contributed by atoms with E-state index in [9.17, 15) is 9.90 Å². The highest BCUT2D eigenvalue weighted by molar-refractivity contribution is 5.75. The first-order valence-corrected chi connectivity index (χ1v) is 5.94. The second kappa shape index (κ2) is 5.96. The number of benzene rings is 1. The van der Waals surface area contributed by atoms with Crippen molar-refractivity contribution in [1.82, 2.24) is 4.98 Å². The standard InChI is InChI=1S/C15H15NO2/c17-15(18)14(13-8-10-16-11-9-13)7-6-12-4-2-1-3-5-12/h1-5,8-11,14H,6-7H2,(H,17,18)/t14-/m1/s1. The van der Waals surface area contributed by atoms with Gasteiger partial charge in [-0.2, -0.15) is 0 Å². The van der Waals surface area contributed by atoms with Crippen molar-refractivity contribution < 1.29 is 9.90 Å². The van der Waals surface area contributed by atoms with Crippen molar-refractivity contribution in [1.29, 1.82) is 0 Å². The number of aromatic nitrogens is 1. The summed E-state index contributed by atoms with van der Waals surface area (Å²) in [6.45, 7) is 0. The fraction of sp³-hybridized carbons (Fsp3) is 0.200. The number of aliphatic carboxylic acids is 1. The molecule has 0 saturated carbocycles. The van der Waals surface area contributed by atoms with E-state index in [0.29, 0.717) is 6.42 Å². The predicted octanol–water partition coefficient (Wildman–Crippen LogP) is 2.88. The van der Waals surface area contributed by atoms with Crippen LogP contribution in [0, 0.1) is 0 Å². The van der Waals surface area contributed by atoms with Crippen molar-refractivity contribution in [3.63, 3.8) is 0 Å². The molecular formula is C15H15NO2. The van der Waals surface area contributed by atoms with Gasteiger partial charge in [0.1, 0.15) is 0 Å². The van der Waals surface area contributed by atoms with Gasteiger partial charge in [0.25, 0.3) is 0 Å². The summed E-state index contributed by atoms with van der Waals surface area (Å²) < 4.78 is 0. The molecule has 0 spiro atoms. The van der Waals surface area contributed by atoms with Crippen LogP contribution in [-0.2, 0) is 11.2 Å². The molecule has 0 amide bonds. The molecule has 0 aliphatic heterocycles. The average Bonchev–Trinajstić information content (AvgIpc) is 2.41. The Labute approximate surface area is 106 Å². The van der Waals surface area contributed by atoms with E-state index in [2.05, 4.69) is 4.98 Å². The summed E-state index contributed by atoms with van der Waals surface area (Å²) in [5.41, 5.74) is 1.98. The molecule has 3 heteroatoms. The summed E-state index contributed by atoms with van der Waals surface area (Å²) in [6, 6.07) is 13.5. The van der Waals surface area contributed by atoms with Crippen molar-refractivity contribution >= 4 is 5.97 Å². The minimum atomic E-state index is -0.780. The van der Waals surface area contributed by atoms with Gasteiger partial charge in [-0.3, -0.25) is 9.78 Å². The minimum Gasteiger partial charge on any atom is -0.481 e. The van der Waals surface area contributed by atoms with Crippen LogP contribution in [0.25, 0.3) is 0 Å². The molecule has 2 rings (SSSR count). The van der Waals surface area contributed by atoms with E-state index >= 15 is 0 Å². The van der Waals surface area contributed by atoms with Crippen LogP contribution in [0.2, 0.25) is 0 Å². The number of rotatable bonds is 5. The maximum Gasteiger partial charge on any atom is 0.310 e. The van der Waals surface area contributed by atoms with E-state index in [1.54, 1.807) is 24.5 Å². The number of hydrogen-bond donors (Lipinski definition) is 1. The summed E-state index contributed by atoms with van der Waals surface area (Å²) in [5.74, 6) is -1.25. The zero-order valence-corrected chi connectivity index (χ0v) is 9.99. The number of nitrogens with zero attached hydrogens (tertiary/aromatic N) is 1. The Morgan fingerprint density at radius 2 is 1.78 bits per heavy atom. The molecule has 0 unspecified atom stereocenters. The first-order chi connectivity index (χ1) is 8.77. The molecule has 0 aliphatic rings. The lowest BCUT2D eigenvalue weighted by Crippen LogP contribution is -2.12. The van der Waals surface area contributed by atoms with Crippen molar-refractivity contribution in [2.24, 2.45) is 0 Å². The van der Waals surface area contributed by atoms with Gasteiger partial charge in [0.15, 0.2) is 0 Å². The van der Waals surface area contributed by atoms with Gasteiger partial charge in [-0.05, 0) is 36.1 Å². The maximum absolute atomic E-state index is 11.3. The third-order valence-electron chi connectivity index (χ3n) is 2.97. The highest BCUT2D eigenvalue weighted by Gasteiger charge is 2.19. The van der Waals surface area contributed by atoms with E-state index in [1.807, 2.05) is 30.3 Å². The summed E-state index contributed by atoms with van der Waals surface area (Å²) in [6.07, 6.45) is 4.63. The van der Waals surface area contributed by atoms with Gasteiger partial charge >= 0.3 is 5.97 Å². The molecule has 0 saturated heterocycles. The zero-order chi connectivity index (χ0) is 12.8. The van der Waals surface area contributed by atoms with Crippen molar-refractivity contribution in [3.05, 3.63) is 66.0 Å². The Kier molecular flexibility index (Phi) is 4.07. The monoisotopic (exact) mass is 241 g/mol. The highest BCUT2D eigenvalue weighted by atomic mass is 16.4. The Bertz CT molecular complexity index is 496. The normalized spacial score (nSPS) is 12.0. The SMILES string of the molecule is O=C(O)[C@H](CCc1ccccc1)c1ccncc1. The predicted molar refractivity (Wildman–Crippen MR) is 69.4 cm³/mol. The van der Waals surface area contributed by atoms with Crippen molar-refractivity contribution in [2.75, 3.05) is 0 Å². The molecule has 0 bridgehead atoms. The lowest BCUT2D eigenvalue weighted by Gasteiger charge is -2.12. The van der Waals surface area contributed by atoms with Crippen LogP contribution in [0.1, 0.15) is 23.5 Å². The lowest BCUT2D eigenvalue weighted by atomic mass is 9.93. The van der Waals surface area contributed by atoms with Gasteiger partial charge in [0.05, 0.1) is 5.92 Å². The summed E-state index contributed by atoms with van der Waals surface area (Å²) >= 11 is 0. The largest absolute Gasteiger partial charge is 0.481 e. The van der Waals surface area contributed by atoms with Gasteiger partial charge < -0.3 is 5.11 Å². The zero-order valence-electron chi connectivity index (χ0n) is 9.99. The summed E-state index contributed by atoms with van der Waals surface area (Å²) in [5, 5.41) is 9.28. The van der Waals surface area contributed by atoms with Gasteiger partial charge in [-0.1, -0.05) is 30.3 Å². The quantitative estimate of drug-likeness (QED) is 0.875. The van der Waals surface area contributed by atoms with E-state index in [0.717, 1.165) is 17.5 Å². The Balaban J connectivity index is 2.06. The molecule has 0 radical (unpaired) electrons. The molecule has 18 heavy (non-hydrogen) atoms.